The van der Waals surface area contributed by atoms with Gasteiger partial charge in [0.2, 0.25) is 0 Å². The number of carboxylic acid groups (broad SMARTS) is 1. The molecule has 0 aromatic rings. The predicted molar refractivity (Wildman–Crippen MR) is 61.9 cm³/mol. The molecule has 0 bridgehead atoms. The Labute approximate surface area is 115 Å². The van der Waals surface area contributed by atoms with E-state index >= 15 is 0 Å². The zero-order valence-electron chi connectivity index (χ0n) is 19.0. The van der Waals surface area contributed by atoms with Crippen molar-refractivity contribution in [3.8, 4) is 0 Å². The van der Waals surface area contributed by atoms with E-state index in [0.29, 0.717) is 0 Å². The van der Waals surface area contributed by atoms with Gasteiger partial charge in [0.25, 0.3) is 0 Å². The highest BCUT2D eigenvalue weighted by Crippen LogP contribution is 2.19. The number of quaternary nitrogens is 1. The largest absolute Gasteiger partial charge is 0.550 e. The van der Waals surface area contributed by atoms with Crippen molar-refractivity contribution in [2.75, 3.05) is 27.7 Å². The summed E-state index contributed by atoms with van der Waals surface area (Å²) in [5, 5.41) is 21.5. The number of ketones is 1. The summed E-state index contributed by atoms with van der Waals surface area (Å²) < 4.78 is 67.1. The number of nitrogens with zero attached hydrogens (tertiary/aromatic N) is 1. The smallest absolute Gasteiger partial charge is 0.177 e. The lowest BCUT2D eigenvalue weighted by molar-refractivity contribution is -0.875. The number of aliphatic hydroxyl groups is 1. The molecule has 1 N–H and O–H groups in total. The molecule has 0 aromatic heterocycles. The summed E-state index contributed by atoms with van der Waals surface area (Å²) in [6.45, 7) is -8.25. The molecule has 1 atom stereocenters. The summed E-state index contributed by atoms with van der Waals surface area (Å²) in [7, 11) is 4.31. The molecule has 0 saturated heterocycles. The number of hydrogen-bond acceptors (Lipinski definition) is 4. The molecule has 0 aliphatic rings. The normalized spacial score (nSPS) is 26.5. The average Bonchev–Trinajstić information content (AvgIpc) is 2.30. The van der Waals surface area contributed by atoms with Gasteiger partial charge in [-0.2, -0.15) is 0 Å². The summed E-state index contributed by atoms with van der Waals surface area (Å²) >= 11 is 0. The van der Waals surface area contributed by atoms with E-state index in [1.165, 1.54) is 21.1 Å². The standard InChI is InChI=1S/C12H23NO4/c1-9(2)6-10(14)12(17,7-11(15)16)8-13(3,4)5/h9,17H,6-8H2,1-5H3/i1D3,2D3,6D2,9D. The number of rotatable bonds is 7. The van der Waals surface area contributed by atoms with Crippen molar-refractivity contribution in [1.82, 2.24) is 0 Å². The number of carbonyl (C=O) groups excluding carboxylic acids is 2. The second kappa shape index (κ2) is 5.60. The van der Waals surface area contributed by atoms with E-state index in [1.807, 2.05) is 0 Å². The van der Waals surface area contributed by atoms with E-state index in [4.69, 9.17) is 12.3 Å². The van der Waals surface area contributed by atoms with Gasteiger partial charge in [0.15, 0.2) is 11.4 Å². The first-order valence-electron chi connectivity index (χ1n) is 9.30. The van der Waals surface area contributed by atoms with E-state index in [1.54, 1.807) is 0 Å². The van der Waals surface area contributed by atoms with Crippen LogP contribution in [0.1, 0.15) is 38.8 Å². The number of likely N-dealkylation sites (N-methyl/N-ethyl adjacent to an activating group) is 1. The zero-order chi connectivity index (χ0) is 21.6. The number of Topliss-reactive ketones (excluding diaryl/α,β-unsaturated/α-hetero) is 1. The van der Waals surface area contributed by atoms with E-state index < -0.39 is 56.3 Å². The molecule has 0 aromatic carbocycles. The third-order valence-electron chi connectivity index (χ3n) is 1.83. The molecular formula is C12H23NO4. The fraction of sp³-hybridized carbons (Fsp3) is 0.833. The van der Waals surface area contributed by atoms with Crippen LogP contribution in [-0.2, 0) is 9.59 Å². The Balaban J connectivity index is 6.52. The van der Waals surface area contributed by atoms with Crippen molar-refractivity contribution in [2.45, 2.75) is 32.1 Å². The average molecular weight is 254 g/mol. The van der Waals surface area contributed by atoms with Gasteiger partial charge in [-0.25, -0.2) is 0 Å². The highest BCUT2D eigenvalue weighted by molar-refractivity contribution is 5.90. The molecule has 0 saturated carbocycles. The zero-order valence-corrected chi connectivity index (χ0v) is 10.0. The second-order valence-electron chi connectivity index (χ2n) is 4.86. The van der Waals surface area contributed by atoms with E-state index in [2.05, 4.69) is 0 Å². The minimum atomic E-state index is -3.94. The SMILES string of the molecule is [2H]C([2H])([2H])C([2H])(C([2H])([2H])[2H])C([2H])([2H])C(=O)C(O)(CC(=O)[O-])C[N+](C)(C)C. The Kier molecular flexibility index (Phi) is 2.07. The third-order valence-corrected chi connectivity index (χ3v) is 1.83. The van der Waals surface area contributed by atoms with Gasteiger partial charge in [-0.1, -0.05) is 13.7 Å². The van der Waals surface area contributed by atoms with Crippen LogP contribution < -0.4 is 5.11 Å². The number of hydrogen-bond donors (Lipinski definition) is 1. The lowest BCUT2D eigenvalue weighted by Gasteiger charge is -2.35. The van der Waals surface area contributed by atoms with Crippen molar-refractivity contribution in [1.29, 1.82) is 0 Å². The molecule has 0 amide bonds. The molecular weight excluding hydrogens is 222 g/mol. The van der Waals surface area contributed by atoms with Crippen molar-refractivity contribution in [3.63, 3.8) is 0 Å². The van der Waals surface area contributed by atoms with Gasteiger partial charge in [0.05, 0.1) is 21.1 Å². The Morgan fingerprint density at radius 3 is 2.41 bits per heavy atom. The topological polar surface area (TPSA) is 77.4 Å². The van der Waals surface area contributed by atoms with Crippen LogP contribution in [0.3, 0.4) is 0 Å². The number of aliphatic carboxylic acids is 1. The van der Waals surface area contributed by atoms with E-state index in [9.17, 15) is 19.8 Å². The molecule has 0 heterocycles. The number of carbonyl (C=O) groups is 2. The molecule has 17 heavy (non-hydrogen) atoms. The van der Waals surface area contributed by atoms with Crippen molar-refractivity contribution in [3.05, 3.63) is 0 Å². The summed E-state index contributed by atoms with van der Waals surface area (Å²) in [6, 6.07) is 0. The van der Waals surface area contributed by atoms with Gasteiger partial charge in [0, 0.05) is 31.1 Å². The minimum absolute atomic E-state index is 0.238. The van der Waals surface area contributed by atoms with Crippen LogP contribution >= 0.6 is 0 Å². The first-order chi connectivity index (χ1) is 11.0. The fourth-order valence-corrected chi connectivity index (χ4v) is 1.46. The van der Waals surface area contributed by atoms with Gasteiger partial charge in [-0.05, 0) is 5.89 Å². The molecule has 0 rings (SSSR count). The summed E-state index contributed by atoms with van der Waals surface area (Å²) in [5.41, 5.74) is -2.98. The molecule has 100 valence electrons. The second-order valence-corrected chi connectivity index (χ2v) is 4.86. The van der Waals surface area contributed by atoms with Crippen LogP contribution in [0.2, 0.25) is 0 Å². The number of carboxylic acids is 1. The Morgan fingerprint density at radius 2 is 2.06 bits per heavy atom. The Hall–Kier alpha value is -0.940. The monoisotopic (exact) mass is 254 g/mol. The molecule has 0 radical (unpaired) electrons. The van der Waals surface area contributed by atoms with Crippen LogP contribution in [0.5, 0.6) is 0 Å². The van der Waals surface area contributed by atoms with Gasteiger partial charge in [-0.3, -0.25) is 4.79 Å². The van der Waals surface area contributed by atoms with Crippen LogP contribution in [0, 0.1) is 5.89 Å². The third kappa shape index (κ3) is 6.38. The van der Waals surface area contributed by atoms with Crippen molar-refractivity contribution < 1.29 is 36.6 Å². The molecule has 0 fully saturated rings. The highest BCUT2D eigenvalue weighted by atomic mass is 16.4. The quantitative estimate of drug-likeness (QED) is 0.602. The van der Waals surface area contributed by atoms with Gasteiger partial charge in [-0.15, -0.1) is 0 Å². The van der Waals surface area contributed by atoms with Crippen LogP contribution in [0.4, 0.5) is 0 Å². The predicted octanol–water partition coefficient (Wildman–Crippen LogP) is -0.821. The van der Waals surface area contributed by atoms with Gasteiger partial charge >= 0.3 is 0 Å². The van der Waals surface area contributed by atoms with E-state index in [-0.39, 0.29) is 4.48 Å². The molecule has 5 nitrogen and oxygen atoms in total. The molecule has 0 aliphatic heterocycles. The summed E-state index contributed by atoms with van der Waals surface area (Å²) in [6.07, 6.45) is -5.32. The lowest BCUT2D eigenvalue weighted by Crippen LogP contribution is -2.56. The van der Waals surface area contributed by atoms with Crippen LogP contribution in [0.15, 0.2) is 0 Å². The maximum absolute atomic E-state index is 12.7. The van der Waals surface area contributed by atoms with Crippen molar-refractivity contribution in [2.24, 2.45) is 5.89 Å². The lowest BCUT2D eigenvalue weighted by atomic mass is 9.88. The summed E-state index contributed by atoms with van der Waals surface area (Å²) in [4.78, 5) is 23.6. The van der Waals surface area contributed by atoms with Gasteiger partial charge < -0.3 is 19.5 Å². The van der Waals surface area contributed by atoms with Crippen molar-refractivity contribution >= 4 is 11.8 Å². The Morgan fingerprint density at radius 1 is 1.53 bits per heavy atom. The fourth-order valence-electron chi connectivity index (χ4n) is 1.46. The molecule has 0 aliphatic carbocycles. The minimum Gasteiger partial charge on any atom is -0.550 e. The Bertz CT molecular complexity index is 551. The van der Waals surface area contributed by atoms with Crippen LogP contribution in [-0.4, -0.2) is 54.6 Å². The van der Waals surface area contributed by atoms with Gasteiger partial charge in [0.1, 0.15) is 6.54 Å². The van der Waals surface area contributed by atoms with E-state index in [0.717, 1.165) is 0 Å². The highest BCUT2D eigenvalue weighted by Gasteiger charge is 2.40. The van der Waals surface area contributed by atoms with Crippen LogP contribution in [0.25, 0.3) is 0 Å². The summed E-state index contributed by atoms with van der Waals surface area (Å²) in [5.74, 6) is -7.87. The maximum Gasteiger partial charge on any atom is 0.177 e. The maximum atomic E-state index is 12.7. The first-order valence-corrected chi connectivity index (χ1v) is 4.80. The first kappa shape index (κ1) is 6.29. The molecule has 5 heteroatoms. The molecule has 0 spiro atoms. The molecule has 1 unspecified atom stereocenters.